The van der Waals surface area contributed by atoms with E-state index >= 15 is 0 Å². The van der Waals surface area contributed by atoms with Crippen molar-refractivity contribution in [3.63, 3.8) is 0 Å². The summed E-state index contributed by atoms with van der Waals surface area (Å²) in [6, 6.07) is 0.718. The van der Waals surface area contributed by atoms with Crippen molar-refractivity contribution in [1.29, 1.82) is 0 Å². The van der Waals surface area contributed by atoms with Gasteiger partial charge in [-0.2, -0.15) is 0 Å². The summed E-state index contributed by atoms with van der Waals surface area (Å²) in [6.07, 6.45) is 5.36. The molecule has 0 saturated heterocycles. The van der Waals surface area contributed by atoms with Crippen molar-refractivity contribution in [3.8, 4) is 0 Å². The Hall–Kier alpha value is 0.400. The number of hydrogen-bond acceptors (Lipinski definition) is 2. The summed E-state index contributed by atoms with van der Waals surface area (Å²) in [5.41, 5.74) is 0.303. The second kappa shape index (κ2) is 6.21. The maximum absolute atomic E-state index is 9.11. The fourth-order valence-corrected chi connectivity index (χ4v) is 2.56. The molecule has 0 heterocycles. The topological polar surface area (TPSA) is 23.5 Å². The van der Waals surface area contributed by atoms with Gasteiger partial charge in [0.2, 0.25) is 0 Å². The highest BCUT2D eigenvalue weighted by Crippen LogP contribution is 2.27. The predicted octanol–water partition coefficient (Wildman–Crippen LogP) is 2.64. The molecular formula is C12H24BrNO. The highest BCUT2D eigenvalue weighted by Gasteiger charge is 2.27. The van der Waals surface area contributed by atoms with Crippen molar-refractivity contribution in [1.82, 2.24) is 4.90 Å². The molecule has 90 valence electrons. The summed E-state index contributed by atoms with van der Waals surface area (Å²) < 4.78 is 0. The van der Waals surface area contributed by atoms with Crippen LogP contribution in [0, 0.1) is 5.41 Å². The lowest BCUT2D eigenvalue weighted by molar-refractivity contribution is 0.113. The van der Waals surface area contributed by atoms with Crippen LogP contribution in [0.2, 0.25) is 0 Å². The summed E-state index contributed by atoms with van der Waals surface area (Å²) in [5.74, 6) is 0. The van der Waals surface area contributed by atoms with Crippen LogP contribution in [0.3, 0.4) is 0 Å². The average Bonchev–Trinajstić information content (AvgIpc) is 2.70. The quantitative estimate of drug-likeness (QED) is 0.755. The molecule has 1 fully saturated rings. The van der Waals surface area contributed by atoms with E-state index in [-0.39, 0.29) is 6.61 Å². The Labute approximate surface area is 102 Å². The molecule has 0 aromatic carbocycles. The number of alkyl halides is 1. The lowest BCUT2D eigenvalue weighted by atomic mass is 9.95. The largest absolute Gasteiger partial charge is 0.395 e. The van der Waals surface area contributed by atoms with E-state index in [0.717, 1.165) is 24.5 Å². The zero-order chi connectivity index (χ0) is 11.3. The standard InChI is InChI=1S/C12H24BrNO/c1-12(2,9-13)10-14(7-8-15)11-5-3-4-6-11/h11,15H,3-10H2,1-2H3. The molecule has 1 N–H and O–H groups in total. The van der Waals surface area contributed by atoms with Gasteiger partial charge in [0.25, 0.3) is 0 Å². The molecule has 3 heteroatoms. The second-order valence-electron chi connectivity index (χ2n) is 5.43. The van der Waals surface area contributed by atoms with E-state index < -0.39 is 0 Å². The van der Waals surface area contributed by atoms with Crippen molar-refractivity contribution in [2.75, 3.05) is 25.0 Å². The summed E-state index contributed by atoms with van der Waals surface area (Å²) in [6.45, 7) is 6.77. The summed E-state index contributed by atoms with van der Waals surface area (Å²) in [5, 5.41) is 10.1. The normalized spacial score (nSPS) is 19.0. The minimum Gasteiger partial charge on any atom is -0.395 e. The molecule has 0 unspecified atom stereocenters. The lowest BCUT2D eigenvalue weighted by Crippen LogP contribution is -2.42. The summed E-state index contributed by atoms with van der Waals surface area (Å²) in [4.78, 5) is 2.48. The molecule has 0 aromatic rings. The Bertz CT molecular complexity index is 178. The van der Waals surface area contributed by atoms with E-state index in [1.807, 2.05) is 0 Å². The molecule has 0 aromatic heterocycles. The van der Waals surface area contributed by atoms with Crippen LogP contribution in [0.4, 0.5) is 0 Å². The molecule has 1 rings (SSSR count). The second-order valence-corrected chi connectivity index (χ2v) is 5.99. The number of rotatable bonds is 6. The summed E-state index contributed by atoms with van der Waals surface area (Å²) in [7, 11) is 0. The van der Waals surface area contributed by atoms with E-state index in [4.69, 9.17) is 5.11 Å². The molecule has 0 bridgehead atoms. The fourth-order valence-electron chi connectivity index (χ4n) is 2.38. The first kappa shape index (κ1) is 13.5. The molecule has 0 amide bonds. The molecule has 2 nitrogen and oxygen atoms in total. The predicted molar refractivity (Wildman–Crippen MR) is 68.5 cm³/mol. The Morgan fingerprint density at radius 2 is 1.93 bits per heavy atom. The number of hydrogen-bond donors (Lipinski definition) is 1. The van der Waals surface area contributed by atoms with Crippen LogP contribution >= 0.6 is 15.9 Å². The van der Waals surface area contributed by atoms with E-state index in [1.165, 1.54) is 25.7 Å². The number of aliphatic hydroxyl groups excluding tert-OH is 1. The van der Waals surface area contributed by atoms with Crippen LogP contribution < -0.4 is 0 Å². The zero-order valence-electron chi connectivity index (χ0n) is 10.0. The maximum Gasteiger partial charge on any atom is 0.0558 e. The molecule has 0 spiro atoms. The van der Waals surface area contributed by atoms with Crippen molar-refractivity contribution in [3.05, 3.63) is 0 Å². The van der Waals surface area contributed by atoms with Gasteiger partial charge in [-0.3, -0.25) is 4.90 Å². The SMILES string of the molecule is CC(C)(CBr)CN(CCO)C1CCCC1. The van der Waals surface area contributed by atoms with Gasteiger partial charge in [-0.25, -0.2) is 0 Å². The van der Waals surface area contributed by atoms with Crippen molar-refractivity contribution in [2.45, 2.75) is 45.6 Å². The number of halogens is 1. The smallest absolute Gasteiger partial charge is 0.0558 e. The highest BCUT2D eigenvalue weighted by atomic mass is 79.9. The van der Waals surface area contributed by atoms with Gasteiger partial charge >= 0.3 is 0 Å². The average molecular weight is 278 g/mol. The van der Waals surface area contributed by atoms with E-state index in [9.17, 15) is 0 Å². The first-order valence-corrected chi connectivity index (χ1v) is 7.12. The van der Waals surface area contributed by atoms with Crippen LogP contribution in [0.5, 0.6) is 0 Å². The van der Waals surface area contributed by atoms with E-state index in [0.29, 0.717) is 5.41 Å². The molecule has 0 aliphatic heterocycles. The van der Waals surface area contributed by atoms with Crippen LogP contribution in [-0.2, 0) is 0 Å². The molecule has 1 aliphatic carbocycles. The van der Waals surface area contributed by atoms with E-state index in [1.54, 1.807) is 0 Å². The van der Waals surface area contributed by atoms with E-state index in [2.05, 4.69) is 34.7 Å². The lowest BCUT2D eigenvalue weighted by Gasteiger charge is -2.35. The van der Waals surface area contributed by atoms with Crippen molar-refractivity contribution >= 4 is 15.9 Å². The number of nitrogens with zero attached hydrogens (tertiary/aromatic N) is 1. The van der Waals surface area contributed by atoms with Gasteiger partial charge in [-0.05, 0) is 18.3 Å². The van der Waals surface area contributed by atoms with Gasteiger partial charge in [0.05, 0.1) is 6.61 Å². The van der Waals surface area contributed by atoms with Crippen LogP contribution in [0.1, 0.15) is 39.5 Å². The van der Waals surface area contributed by atoms with Gasteiger partial charge < -0.3 is 5.11 Å². The Kier molecular flexibility index (Phi) is 5.58. The van der Waals surface area contributed by atoms with Crippen LogP contribution in [0.15, 0.2) is 0 Å². The molecular weight excluding hydrogens is 254 g/mol. The Morgan fingerprint density at radius 1 is 1.33 bits per heavy atom. The van der Waals surface area contributed by atoms with Gasteiger partial charge in [-0.1, -0.05) is 42.6 Å². The van der Waals surface area contributed by atoms with Crippen molar-refractivity contribution < 1.29 is 5.11 Å². The molecule has 1 saturated carbocycles. The maximum atomic E-state index is 9.11. The van der Waals surface area contributed by atoms with Gasteiger partial charge in [0, 0.05) is 24.5 Å². The minimum atomic E-state index is 0.287. The zero-order valence-corrected chi connectivity index (χ0v) is 11.6. The third-order valence-corrected chi connectivity index (χ3v) is 4.74. The van der Waals surface area contributed by atoms with Gasteiger partial charge in [0.15, 0.2) is 0 Å². The molecule has 1 aliphatic rings. The van der Waals surface area contributed by atoms with Crippen LogP contribution in [0.25, 0.3) is 0 Å². The summed E-state index contributed by atoms with van der Waals surface area (Å²) >= 11 is 3.57. The molecule has 0 radical (unpaired) electrons. The Morgan fingerprint density at radius 3 is 2.40 bits per heavy atom. The Balaban J connectivity index is 2.49. The van der Waals surface area contributed by atoms with Crippen molar-refractivity contribution in [2.24, 2.45) is 5.41 Å². The van der Waals surface area contributed by atoms with Gasteiger partial charge in [0.1, 0.15) is 0 Å². The molecule has 15 heavy (non-hydrogen) atoms. The first-order chi connectivity index (χ1) is 7.09. The van der Waals surface area contributed by atoms with Crippen LogP contribution in [-0.4, -0.2) is 41.1 Å². The third kappa shape index (κ3) is 4.41. The number of aliphatic hydroxyl groups is 1. The molecule has 0 atom stereocenters. The highest BCUT2D eigenvalue weighted by molar-refractivity contribution is 9.09. The third-order valence-electron chi connectivity index (χ3n) is 3.22. The fraction of sp³-hybridized carbons (Fsp3) is 1.00. The van der Waals surface area contributed by atoms with Gasteiger partial charge in [-0.15, -0.1) is 0 Å². The first-order valence-electron chi connectivity index (χ1n) is 6.00. The monoisotopic (exact) mass is 277 g/mol. The minimum absolute atomic E-state index is 0.287.